The first-order chi connectivity index (χ1) is 16.2. The first-order valence-corrected chi connectivity index (χ1v) is 12.2. The molecule has 0 unspecified atom stereocenters. The van der Waals surface area contributed by atoms with Gasteiger partial charge in [-0.25, -0.2) is 0 Å². The van der Waals surface area contributed by atoms with Crippen LogP contribution in [0, 0.1) is 17.2 Å². The molecule has 1 heterocycles. The maximum atomic E-state index is 12.8. The number of hydrogen-bond donors (Lipinski definition) is 1. The molecule has 1 N–H and O–H groups in total. The van der Waals surface area contributed by atoms with Crippen molar-refractivity contribution in [1.29, 1.82) is 5.26 Å². The van der Waals surface area contributed by atoms with E-state index in [2.05, 4.69) is 40.6 Å². The Kier molecular flexibility index (Phi) is 6.41. The SMILES string of the molecule is N#Cc1ccc2c(c1)CCN(CCC1CCC(NC(=O)c3ccc4ccccc4c3)CC1)C2. The fraction of sp³-hybridized carbons (Fsp3) is 0.379. The highest BCUT2D eigenvalue weighted by atomic mass is 16.1. The zero-order valence-electron chi connectivity index (χ0n) is 19.1. The van der Waals surface area contributed by atoms with Crippen LogP contribution < -0.4 is 5.32 Å². The smallest absolute Gasteiger partial charge is 0.251 e. The number of carbonyl (C=O) groups excluding carboxylic acids is 1. The number of amides is 1. The van der Waals surface area contributed by atoms with Gasteiger partial charge in [0.15, 0.2) is 0 Å². The normalized spacial score (nSPS) is 20.7. The van der Waals surface area contributed by atoms with Crippen molar-refractivity contribution in [3.63, 3.8) is 0 Å². The summed E-state index contributed by atoms with van der Waals surface area (Å²) in [5.74, 6) is 0.803. The van der Waals surface area contributed by atoms with Crippen LogP contribution in [0.1, 0.15) is 59.2 Å². The second kappa shape index (κ2) is 9.77. The van der Waals surface area contributed by atoms with E-state index in [4.69, 9.17) is 5.26 Å². The summed E-state index contributed by atoms with van der Waals surface area (Å²) in [5.41, 5.74) is 4.24. The van der Waals surface area contributed by atoms with E-state index < -0.39 is 0 Å². The predicted molar refractivity (Wildman–Crippen MR) is 132 cm³/mol. The molecule has 3 aromatic carbocycles. The topological polar surface area (TPSA) is 56.1 Å². The van der Waals surface area contributed by atoms with Crippen LogP contribution >= 0.6 is 0 Å². The van der Waals surface area contributed by atoms with Crippen molar-refractivity contribution in [2.75, 3.05) is 13.1 Å². The Labute approximate surface area is 196 Å². The third kappa shape index (κ3) is 5.10. The molecular formula is C29H31N3O. The Morgan fingerprint density at radius 2 is 1.79 bits per heavy atom. The van der Waals surface area contributed by atoms with Crippen molar-refractivity contribution >= 4 is 16.7 Å². The second-order valence-corrected chi connectivity index (χ2v) is 9.66. The lowest BCUT2D eigenvalue weighted by molar-refractivity contribution is 0.0919. The highest BCUT2D eigenvalue weighted by Gasteiger charge is 2.24. The molecule has 0 bridgehead atoms. The number of nitrogens with one attached hydrogen (secondary N) is 1. The molecule has 2 aliphatic rings. The van der Waals surface area contributed by atoms with Crippen molar-refractivity contribution in [1.82, 2.24) is 10.2 Å². The van der Waals surface area contributed by atoms with Gasteiger partial charge in [-0.05, 0) is 97.2 Å². The van der Waals surface area contributed by atoms with Gasteiger partial charge in [0, 0.05) is 24.7 Å². The van der Waals surface area contributed by atoms with Crippen LogP contribution in [-0.2, 0) is 13.0 Å². The van der Waals surface area contributed by atoms with E-state index in [1.54, 1.807) is 0 Å². The van der Waals surface area contributed by atoms with E-state index in [1.165, 1.54) is 35.8 Å². The minimum absolute atomic E-state index is 0.0516. The van der Waals surface area contributed by atoms with Gasteiger partial charge in [-0.2, -0.15) is 5.26 Å². The van der Waals surface area contributed by atoms with Gasteiger partial charge in [0.2, 0.25) is 0 Å². The van der Waals surface area contributed by atoms with Gasteiger partial charge in [0.25, 0.3) is 5.91 Å². The molecule has 1 amide bonds. The molecule has 33 heavy (non-hydrogen) atoms. The minimum atomic E-state index is 0.0516. The first kappa shape index (κ1) is 21.7. The molecule has 4 nitrogen and oxygen atoms in total. The van der Waals surface area contributed by atoms with E-state index in [1.807, 2.05) is 36.4 Å². The molecule has 1 aliphatic heterocycles. The molecule has 0 atom stereocenters. The fourth-order valence-electron chi connectivity index (χ4n) is 5.43. The van der Waals surface area contributed by atoms with Crippen LogP contribution in [0.25, 0.3) is 10.8 Å². The molecule has 1 fully saturated rings. The second-order valence-electron chi connectivity index (χ2n) is 9.66. The Balaban J connectivity index is 1.07. The average Bonchev–Trinajstić information content (AvgIpc) is 2.87. The Bertz CT molecular complexity index is 1190. The van der Waals surface area contributed by atoms with E-state index in [0.717, 1.165) is 61.3 Å². The largest absolute Gasteiger partial charge is 0.349 e. The Hall–Kier alpha value is -3.16. The quantitative estimate of drug-likeness (QED) is 0.578. The molecule has 0 aromatic heterocycles. The summed E-state index contributed by atoms with van der Waals surface area (Å²) in [6.07, 6.45) is 6.81. The Morgan fingerprint density at radius 3 is 2.61 bits per heavy atom. The summed E-state index contributed by atoms with van der Waals surface area (Å²) in [5, 5.41) is 14.6. The van der Waals surface area contributed by atoms with Crippen LogP contribution in [0.4, 0.5) is 0 Å². The maximum absolute atomic E-state index is 12.8. The summed E-state index contributed by atoms with van der Waals surface area (Å²) >= 11 is 0. The summed E-state index contributed by atoms with van der Waals surface area (Å²) in [6, 6.07) is 22.8. The third-order valence-electron chi connectivity index (χ3n) is 7.47. The van der Waals surface area contributed by atoms with Crippen molar-refractivity contribution in [3.8, 4) is 6.07 Å². The van der Waals surface area contributed by atoms with E-state index in [-0.39, 0.29) is 11.9 Å². The van der Waals surface area contributed by atoms with Crippen LogP contribution in [0.3, 0.4) is 0 Å². The molecule has 0 spiro atoms. The van der Waals surface area contributed by atoms with Gasteiger partial charge in [0.1, 0.15) is 0 Å². The number of nitrogens with zero attached hydrogens (tertiary/aromatic N) is 2. The van der Waals surface area contributed by atoms with Crippen LogP contribution in [0.5, 0.6) is 0 Å². The van der Waals surface area contributed by atoms with Gasteiger partial charge in [-0.1, -0.05) is 36.4 Å². The molecule has 4 heteroatoms. The van der Waals surface area contributed by atoms with Gasteiger partial charge in [-0.15, -0.1) is 0 Å². The third-order valence-corrected chi connectivity index (χ3v) is 7.47. The lowest BCUT2D eigenvalue weighted by Crippen LogP contribution is -2.38. The van der Waals surface area contributed by atoms with Gasteiger partial charge in [0.05, 0.1) is 11.6 Å². The van der Waals surface area contributed by atoms with Crippen LogP contribution in [-0.4, -0.2) is 29.9 Å². The molecular weight excluding hydrogens is 406 g/mol. The minimum Gasteiger partial charge on any atom is -0.349 e. The van der Waals surface area contributed by atoms with Crippen molar-refractivity contribution < 1.29 is 4.79 Å². The maximum Gasteiger partial charge on any atom is 0.251 e. The highest BCUT2D eigenvalue weighted by Crippen LogP contribution is 2.28. The zero-order chi connectivity index (χ0) is 22.6. The first-order valence-electron chi connectivity index (χ1n) is 12.2. The number of nitriles is 1. The molecule has 168 valence electrons. The van der Waals surface area contributed by atoms with E-state index in [9.17, 15) is 4.79 Å². The molecule has 3 aromatic rings. The zero-order valence-corrected chi connectivity index (χ0v) is 19.1. The number of benzene rings is 3. The van der Waals surface area contributed by atoms with Crippen molar-refractivity contribution in [3.05, 3.63) is 82.9 Å². The van der Waals surface area contributed by atoms with Gasteiger partial charge < -0.3 is 5.32 Å². The van der Waals surface area contributed by atoms with Crippen LogP contribution in [0.15, 0.2) is 60.7 Å². The monoisotopic (exact) mass is 437 g/mol. The highest BCUT2D eigenvalue weighted by molar-refractivity contribution is 5.98. The summed E-state index contributed by atoms with van der Waals surface area (Å²) in [4.78, 5) is 15.3. The lowest BCUT2D eigenvalue weighted by Gasteiger charge is -2.33. The molecule has 0 saturated heterocycles. The van der Waals surface area contributed by atoms with Gasteiger partial charge in [-0.3, -0.25) is 9.69 Å². The standard InChI is InChI=1S/C29H31N3O/c30-19-22-5-8-27-20-32(16-14-25(27)17-22)15-13-21-6-11-28(12-7-21)31-29(33)26-10-9-23-3-1-2-4-24(23)18-26/h1-5,8-10,17-18,21,28H,6-7,11-16,20H2,(H,31,33). The summed E-state index contributed by atoms with van der Waals surface area (Å²) < 4.78 is 0. The fourth-order valence-corrected chi connectivity index (χ4v) is 5.43. The molecule has 5 rings (SSSR count). The molecule has 1 saturated carbocycles. The predicted octanol–water partition coefficient (Wildman–Crippen LogP) is 5.45. The van der Waals surface area contributed by atoms with E-state index >= 15 is 0 Å². The average molecular weight is 438 g/mol. The van der Waals surface area contributed by atoms with Crippen molar-refractivity contribution in [2.45, 2.75) is 51.1 Å². The number of fused-ring (bicyclic) bond motifs is 2. The summed E-state index contributed by atoms with van der Waals surface area (Å²) in [7, 11) is 0. The van der Waals surface area contributed by atoms with Crippen LogP contribution in [0.2, 0.25) is 0 Å². The Morgan fingerprint density at radius 1 is 0.970 bits per heavy atom. The molecule has 1 aliphatic carbocycles. The number of carbonyl (C=O) groups is 1. The number of rotatable bonds is 5. The molecule has 0 radical (unpaired) electrons. The van der Waals surface area contributed by atoms with Crippen molar-refractivity contribution in [2.24, 2.45) is 5.92 Å². The van der Waals surface area contributed by atoms with Gasteiger partial charge >= 0.3 is 0 Å². The number of hydrogen-bond acceptors (Lipinski definition) is 3. The lowest BCUT2D eigenvalue weighted by atomic mass is 9.83. The summed E-state index contributed by atoms with van der Waals surface area (Å²) in [6.45, 7) is 3.22. The van der Waals surface area contributed by atoms with E-state index in [0.29, 0.717) is 0 Å².